The Morgan fingerprint density at radius 2 is 1.86 bits per heavy atom. The van der Waals surface area contributed by atoms with Gasteiger partial charge in [0.25, 0.3) is 5.56 Å². The summed E-state index contributed by atoms with van der Waals surface area (Å²) in [6.45, 7) is 3.38. The molecule has 0 fully saturated rings. The first kappa shape index (κ1) is 19.4. The molecule has 0 aliphatic carbocycles. The summed E-state index contributed by atoms with van der Waals surface area (Å²) in [5.41, 5.74) is 0.657. The zero-order valence-corrected chi connectivity index (χ0v) is 17.4. The average Bonchev–Trinajstić information content (AvgIpc) is 2.74. The molecular formula is C21H19BrN2O5. The van der Waals surface area contributed by atoms with Crippen molar-refractivity contribution >= 4 is 32.7 Å². The van der Waals surface area contributed by atoms with Crippen LogP contribution in [0.25, 0.3) is 10.8 Å². The molecule has 0 atom stereocenters. The Morgan fingerprint density at radius 1 is 1.17 bits per heavy atom. The van der Waals surface area contributed by atoms with E-state index in [1.165, 1.54) is 4.68 Å². The van der Waals surface area contributed by atoms with Crippen LogP contribution < -0.4 is 15.0 Å². The topological polar surface area (TPSA) is 79.7 Å². The molecule has 2 aromatic carbocycles. The molecule has 0 amide bonds. The summed E-state index contributed by atoms with van der Waals surface area (Å²) in [5.74, 6) is 0.677. The lowest BCUT2D eigenvalue weighted by Gasteiger charge is -2.20. The Hall–Kier alpha value is -2.87. The van der Waals surface area contributed by atoms with Crippen LogP contribution in [-0.2, 0) is 17.9 Å². The van der Waals surface area contributed by atoms with Crippen molar-refractivity contribution in [1.29, 1.82) is 0 Å². The first-order valence-corrected chi connectivity index (χ1v) is 10.1. The molecule has 7 nitrogen and oxygen atoms in total. The Labute approximate surface area is 175 Å². The minimum absolute atomic E-state index is 0.0268. The fourth-order valence-corrected chi connectivity index (χ4v) is 3.61. The summed E-state index contributed by atoms with van der Waals surface area (Å²) in [6, 6.07) is 10.5. The van der Waals surface area contributed by atoms with Crippen molar-refractivity contribution in [2.45, 2.75) is 26.5 Å². The van der Waals surface area contributed by atoms with Crippen LogP contribution in [0, 0.1) is 0 Å². The van der Waals surface area contributed by atoms with Gasteiger partial charge in [0.15, 0.2) is 17.2 Å². The zero-order chi connectivity index (χ0) is 20.4. The minimum Gasteiger partial charge on any atom is -0.486 e. The standard InChI is InChI=1S/C21H19BrN2O5/c1-2-7-24-20(25)15-6-4-3-5-14(15)19(23-24)21(26)29-12-13-10-17-18(11-16(13)22)28-9-8-27-17/h3-6,10-11H,2,7-9,12H2,1H3. The van der Waals surface area contributed by atoms with Crippen molar-refractivity contribution in [3.63, 3.8) is 0 Å². The van der Waals surface area contributed by atoms with Crippen LogP contribution in [0.5, 0.6) is 11.5 Å². The van der Waals surface area contributed by atoms with Crippen LogP contribution in [0.15, 0.2) is 45.7 Å². The molecule has 0 N–H and O–H groups in total. The first-order chi connectivity index (χ1) is 14.1. The predicted molar refractivity (Wildman–Crippen MR) is 111 cm³/mol. The van der Waals surface area contributed by atoms with Crippen LogP contribution in [-0.4, -0.2) is 29.0 Å². The van der Waals surface area contributed by atoms with Gasteiger partial charge in [0.05, 0.1) is 5.39 Å². The van der Waals surface area contributed by atoms with Gasteiger partial charge in [0.1, 0.15) is 19.8 Å². The Kier molecular flexibility index (Phi) is 5.53. The largest absolute Gasteiger partial charge is 0.486 e. The summed E-state index contributed by atoms with van der Waals surface area (Å²) in [4.78, 5) is 25.4. The van der Waals surface area contributed by atoms with Gasteiger partial charge in [-0.15, -0.1) is 0 Å². The Morgan fingerprint density at radius 3 is 2.59 bits per heavy atom. The van der Waals surface area contributed by atoms with Gasteiger partial charge in [-0.05, 0) is 24.6 Å². The highest BCUT2D eigenvalue weighted by Gasteiger charge is 2.20. The lowest BCUT2D eigenvalue weighted by Crippen LogP contribution is -2.26. The normalized spacial score (nSPS) is 12.8. The quantitative estimate of drug-likeness (QED) is 0.542. The Balaban J connectivity index is 1.63. The second kappa shape index (κ2) is 8.24. The van der Waals surface area contributed by atoms with E-state index in [0.717, 1.165) is 16.5 Å². The Bertz CT molecular complexity index is 1140. The molecule has 29 heavy (non-hydrogen) atoms. The van der Waals surface area contributed by atoms with Crippen LogP contribution >= 0.6 is 15.9 Å². The molecule has 0 unspecified atom stereocenters. The molecule has 0 spiro atoms. The maximum Gasteiger partial charge on any atom is 0.359 e. The van der Waals surface area contributed by atoms with Gasteiger partial charge in [0.2, 0.25) is 0 Å². The first-order valence-electron chi connectivity index (χ1n) is 9.33. The maximum absolute atomic E-state index is 12.8. The summed E-state index contributed by atoms with van der Waals surface area (Å²) in [5, 5.41) is 5.20. The van der Waals surface area contributed by atoms with Gasteiger partial charge in [-0.3, -0.25) is 4.79 Å². The highest BCUT2D eigenvalue weighted by Crippen LogP contribution is 2.35. The summed E-state index contributed by atoms with van der Waals surface area (Å²) in [6.07, 6.45) is 0.726. The number of esters is 1. The zero-order valence-electron chi connectivity index (χ0n) is 15.8. The number of aryl methyl sites for hydroxylation is 1. The number of halogens is 1. The van der Waals surface area contributed by atoms with Gasteiger partial charge in [-0.25, -0.2) is 9.48 Å². The molecule has 1 aromatic heterocycles. The fourth-order valence-electron chi connectivity index (χ4n) is 3.18. The molecule has 2 heterocycles. The van der Waals surface area contributed by atoms with Gasteiger partial charge in [0, 0.05) is 22.0 Å². The third-order valence-electron chi connectivity index (χ3n) is 4.57. The van der Waals surface area contributed by atoms with Crippen molar-refractivity contribution in [1.82, 2.24) is 9.78 Å². The molecule has 150 valence electrons. The SMILES string of the molecule is CCCn1nc(C(=O)OCc2cc3c(cc2Br)OCCO3)c2ccccc2c1=O. The minimum atomic E-state index is -0.590. The summed E-state index contributed by atoms with van der Waals surface area (Å²) < 4.78 is 18.7. The second-order valence-corrected chi connectivity index (χ2v) is 7.44. The smallest absolute Gasteiger partial charge is 0.359 e. The average molecular weight is 459 g/mol. The highest BCUT2D eigenvalue weighted by atomic mass is 79.9. The van der Waals surface area contributed by atoms with E-state index >= 15 is 0 Å². The molecule has 1 aliphatic heterocycles. The number of benzene rings is 2. The third kappa shape index (κ3) is 3.85. The second-order valence-electron chi connectivity index (χ2n) is 6.59. The van der Waals surface area contributed by atoms with E-state index < -0.39 is 5.97 Å². The van der Waals surface area contributed by atoms with Crippen molar-refractivity contribution in [2.75, 3.05) is 13.2 Å². The molecule has 0 radical (unpaired) electrons. The monoisotopic (exact) mass is 458 g/mol. The van der Waals surface area contributed by atoms with Crippen LogP contribution in [0.4, 0.5) is 0 Å². The lowest BCUT2D eigenvalue weighted by molar-refractivity contribution is 0.0463. The molecule has 8 heteroatoms. The summed E-state index contributed by atoms with van der Waals surface area (Å²) in [7, 11) is 0. The number of ether oxygens (including phenoxy) is 3. The van der Waals surface area contributed by atoms with Gasteiger partial charge in [-0.1, -0.05) is 41.1 Å². The summed E-state index contributed by atoms with van der Waals surface area (Å²) >= 11 is 3.48. The van der Waals surface area contributed by atoms with Crippen molar-refractivity contribution in [3.05, 3.63) is 62.5 Å². The number of nitrogens with zero attached hydrogens (tertiary/aromatic N) is 2. The highest BCUT2D eigenvalue weighted by molar-refractivity contribution is 9.10. The predicted octanol–water partition coefficient (Wildman–Crippen LogP) is 3.70. The number of fused-ring (bicyclic) bond motifs is 2. The molecule has 3 aromatic rings. The van der Waals surface area contributed by atoms with Gasteiger partial charge in [-0.2, -0.15) is 5.10 Å². The van der Waals surface area contributed by atoms with Crippen LogP contribution in [0.3, 0.4) is 0 Å². The number of hydrogen-bond donors (Lipinski definition) is 0. The van der Waals surface area contributed by atoms with E-state index in [1.807, 2.05) is 6.92 Å². The van der Waals surface area contributed by atoms with E-state index in [-0.39, 0.29) is 17.9 Å². The van der Waals surface area contributed by atoms with Crippen LogP contribution in [0.1, 0.15) is 29.4 Å². The molecular weight excluding hydrogens is 440 g/mol. The number of carbonyl (C=O) groups is 1. The number of rotatable bonds is 5. The lowest BCUT2D eigenvalue weighted by atomic mass is 10.1. The van der Waals surface area contributed by atoms with Gasteiger partial charge >= 0.3 is 5.97 Å². The molecule has 4 rings (SSSR count). The maximum atomic E-state index is 12.8. The fraction of sp³-hybridized carbons (Fsp3) is 0.286. The van der Waals surface area contributed by atoms with Crippen molar-refractivity contribution < 1.29 is 19.0 Å². The van der Waals surface area contributed by atoms with Gasteiger partial charge < -0.3 is 14.2 Å². The molecule has 1 aliphatic rings. The molecule has 0 bridgehead atoms. The number of aromatic nitrogens is 2. The number of carbonyl (C=O) groups excluding carboxylic acids is 1. The third-order valence-corrected chi connectivity index (χ3v) is 5.30. The molecule has 0 saturated heterocycles. The number of hydrogen-bond acceptors (Lipinski definition) is 6. The van der Waals surface area contributed by atoms with E-state index in [0.29, 0.717) is 42.0 Å². The molecule has 0 saturated carbocycles. The van der Waals surface area contributed by atoms with E-state index in [4.69, 9.17) is 14.2 Å². The van der Waals surface area contributed by atoms with Crippen LogP contribution in [0.2, 0.25) is 0 Å². The van der Waals surface area contributed by atoms with E-state index in [1.54, 1.807) is 36.4 Å². The van der Waals surface area contributed by atoms with E-state index in [9.17, 15) is 9.59 Å². The van der Waals surface area contributed by atoms with Crippen molar-refractivity contribution in [3.8, 4) is 11.5 Å². The van der Waals surface area contributed by atoms with E-state index in [2.05, 4.69) is 21.0 Å². The van der Waals surface area contributed by atoms with Crippen molar-refractivity contribution in [2.24, 2.45) is 0 Å².